The first-order valence-corrected chi connectivity index (χ1v) is 26.3. The Balaban J connectivity index is 1.57. The van der Waals surface area contributed by atoms with Crippen LogP contribution < -0.4 is 9.80 Å². The first kappa shape index (κ1) is 49.1. The predicted octanol–water partition coefficient (Wildman–Crippen LogP) is 20.5. The van der Waals surface area contributed by atoms with Gasteiger partial charge in [-0.2, -0.15) is 0 Å². The SMILES string of the molecule is CCCC(C)(CC)c1ccc2c(N(c3ccc(C(C)C)cc3)c3ccc(C(C)(C)C)cc3)c3ccc(C4(C)CCCCC4)cc3c(N(c3ccc(C(C)C)cc3)c3ccc(C(C)(C)C)cc3)c2c1. The van der Waals surface area contributed by atoms with Crippen molar-refractivity contribution in [3.63, 3.8) is 0 Å². The summed E-state index contributed by atoms with van der Waals surface area (Å²) in [6.07, 6.45) is 9.66. The maximum absolute atomic E-state index is 2.64. The molecule has 0 spiro atoms. The fraction of sp³-hybridized carbons (Fsp3) is 0.424. The van der Waals surface area contributed by atoms with E-state index in [4.69, 9.17) is 0 Å². The lowest BCUT2D eigenvalue weighted by molar-refractivity contribution is 0.320. The Bertz CT molecular complexity index is 2750. The molecule has 0 amide bonds. The third kappa shape index (κ3) is 9.64. The summed E-state index contributed by atoms with van der Waals surface area (Å²) >= 11 is 0. The van der Waals surface area contributed by atoms with Crippen molar-refractivity contribution in [3.05, 3.63) is 167 Å². The monoisotopic (exact) mass is 903 g/mol. The number of nitrogens with zero attached hydrogens (tertiary/aromatic N) is 2. The van der Waals surface area contributed by atoms with Crippen LogP contribution in [-0.4, -0.2) is 0 Å². The zero-order valence-electron chi connectivity index (χ0n) is 44.4. The lowest BCUT2D eigenvalue weighted by Gasteiger charge is -2.37. The molecule has 7 aromatic carbocycles. The Kier molecular flexibility index (Phi) is 13.9. The number of benzene rings is 7. The highest BCUT2D eigenvalue weighted by molar-refractivity contribution is 6.23. The van der Waals surface area contributed by atoms with Crippen LogP contribution in [0, 0.1) is 0 Å². The van der Waals surface area contributed by atoms with E-state index in [2.05, 4.69) is 240 Å². The van der Waals surface area contributed by atoms with Crippen molar-refractivity contribution in [3.8, 4) is 0 Å². The summed E-state index contributed by atoms with van der Waals surface area (Å²) in [5.74, 6) is 0.880. The summed E-state index contributed by atoms with van der Waals surface area (Å²) in [5.41, 5.74) is 15.6. The molecule has 2 nitrogen and oxygen atoms in total. The van der Waals surface area contributed by atoms with E-state index >= 15 is 0 Å². The van der Waals surface area contributed by atoms with Crippen LogP contribution >= 0.6 is 0 Å². The normalized spacial score (nSPS) is 15.3. The van der Waals surface area contributed by atoms with Crippen LogP contribution in [0.15, 0.2) is 133 Å². The smallest absolute Gasteiger partial charge is 0.0620 e. The number of fused-ring (bicyclic) bond motifs is 2. The standard InChI is InChI=1S/C66H82N2/c1-15-40-65(13,16-2)51-28-38-57-59(43-51)62(68(54-32-22-48(23-33-54)46(5)6)56-36-26-50(27-37-56)64(10,11)12)60-44-52(66(14)41-18-17-19-42-66)29-39-58(60)61(57)67(53-30-20-47(21-31-53)45(3)4)55-34-24-49(25-35-55)63(7,8)9/h20-39,43-46H,15-19,40-42H2,1-14H3. The molecule has 1 saturated carbocycles. The highest BCUT2D eigenvalue weighted by Crippen LogP contribution is 2.54. The van der Waals surface area contributed by atoms with Crippen molar-refractivity contribution in [2.75, 3.05) is 9.80 Å². The van der Waals surface area contributed by atoms with Crippen molar-refractivity contribution in [1.29, 1.82) is 0 Å². The highest BCUT2D eigenvalue weighted by atomic mass is 15.2. The quantitative estimate of drug-likeness (QED) is 0.0840. The van der Waals surface area contributed by atoms with Gasteiger partial charge in [0.25, 0.3) is 0 Å². The third-order valence-electron chi connectivity index (χ3n) is 16.1. The molecule has 0 saturated heterocycles. The third-order valence-corrected chi connectivity index (χ3v) is 16.1. The fourth-order valence-corrected chi connectivity index (χ4v) is 11.2. The van der Waals surface area contributed by atoms with E-state index in [1.54, 1.807) is 0 Å². The lowest BCUT2D eigenvalue weighted by atomic mass is 9.70. The van der Waals surface area contributed by atoms with E-state index in [1.165, 1.54) is 121 Å². The Hall–Kier alpha value is -5.34. The van der Waals surface area contributed by atoms with Gasteiger partial charge in [0.05, 0.1) is 11.4 Å². The van der Waals surface area contributed by atoms with Crippen molar-refractivity contribution < 1.29 is 0 Å². The summed E-state index contributed by atoms with van der Waals surface area (Å²) in [7, 11) is 0. The zero-order valence-corrected chi connectivity index (χ0v) is 44.4. The van der Waals surface area contributed by atoms with Gasteiger partial charge in [-0.1, -0.05) is 195 Å². The Morgan fingerprint density at radius 3 is 1.24 bits per heavy atom. The van der Waals surface area contributed by atoms with Gasteiger partial charge in [0.1, 0.15) is 0 Å². The van der Waals surface area contributed by atoms with Crippen LogP contribution in [0.25, 0.3) is 21.5 Å². The average molecular weight is 903 g/mol. The van der Waals surface area contributed by atoms with E-state index in [0.717, 1.165) is 19.3 Å². The minimum Gasteiger partial charge on any atom is -0.309 e. The van der Waals surface area contributed by atoms with Gasteiger partial charge in [-0.3, -0.25) is 0 Å². The zero-order chi connectivity index (χ0) is 48.8. The molecule has 1 fully saturated rings. The predicted molar refractivity (Wildman–Crippen MR) is 299 cm³/mol. The highest BCUT2D eigenvalue weighted by Gasteiger charge is 2.33. The summed E-state index contributed by atoms with van der Waals surface area (Å²) in [4.78, 5) is 5.20. The van der Waals surface area contributed by atoms with E-state index in [-0.39, 0.29) is 21.7 Å². The number of hydrogen-bond acceptors (Lipinski definition) is 2. The molecule has 0 aromatic heterocycles. The first-order valence-electron chi connectivity index (χ1n) is 26.3. The summed E-state index contributed by atoms with van der Waals surface area (Å²) in [6.45, 7) is 32.8. The second-order valence-electron chi connectivity index (χ2n) is 23.8. The molecule has 0 radical (unpaired) electrons. The molecular weight excluding hydrogens is 821 g/mol. The fourth-order valence-electron chi connectivity index (χ4n) is 11.2. The maximum atomic E-state index is 2.64. The molecule has 0 N–H and O–H groups in total. The van der Waals surface area contributed by atoms with Gasteiger partial charge < -0.3 is 9.80 Å². The van der Waals surface area contributed by atoms with Crippen molar-refractivity contribution in [2.24, 2.45) is 0 Å². The molecule has 356 valence electrons. The van der Waals surface area contributed by atoms with E-state index < -0.39 is 0 Å². The van der Waals surface area contributed by atoms with Crippen LogP contribution in [0.4, 0.5) is 34.1 Å². The molecule has 1 unspecified atom stereocenters. The minimum absolute atomic E-state index is 0.0278. The van der Waals surface area contributed by atoms with Gasteiger partial charge in [0.15, 0.2) is 0 Å². The van der Waals surface area contributed by atoms with Gasteiger partial charge in [0.2, 0.25) is 0 Å². The van der Waals surface area contributed by atoms with Crippen LogP contribution in [0.3, 0.4) is 0 Å². The van der Waals surface area contributed by atoms with Crippen LogP contribution in [-0.2, 0) is 21.7 Å². The van der Waals surface area contributed by atoms with Gasteiger partial charge in [-0.05, 0) is 153 Å². The molecule has 8 rings (SSSR count). The summed E-state index contributed by atoms with van der Waals surface area (Å²) in [6, 6.07) is 53.0. The lowest BCUT2D eigenvalue weighted by Crippen LogP contribution is -2.25. The topological polar surface area (TPSA) is 6.48 Å². The van der Waals surface area contributed by atoms with Crippen LogP contribution in [0.2, 0.25) is 0 Å². The summed E-state index contributed by atoms with van der Waals surface area (Å²) in [5, 5.41) is 5.10. The molecule has 1 aliphatic rings. The van der Waals surface area contributed by atoms with Gasteiger partial charge in [0, 0.05) is 44.3 Å². The molecule has 7 aromatic rings. The van der Waals surface area contributed by atoms with E-state index in [9.17, 15) is 0 Å². The molecule has 0 bridgehead atoms. The molecule has 1 atom stereocenters. The largest absolute Gasteiger partial charge is 0.309 e. The Morgan fingerprint density at radius 1 is 0.456 bits per heavy atom. The van der Waals surface area contributed by atoms with Crippen molar-refractivity contribution in [1.82, 2.24) is 0 Å². The average Bonchev–Trinajstić information content (AvgIpc) is 3.32. The van der Waals surface area contributed by atoms with Gasteiger partial charge in [-0.25, -0.2) is 0 Å². The van der Waals surface area contributed by atoms with Gasteiger partial charge in [-0.15, -0.1) is 0 Å². The Morgan fingerprint density at radius 2 is 0.838 bits per heavy atom. The second kappa shape index (κ2) is 19.2. The second-order valence-corrected chi connectivity index (χ2v) is 23.8. The molecule has 68 heavy (non-hydrogen) atoms. The van der Waals surface area contributed by atoms with Crippen LogP contribution in [0.1, 0.15) is 194 Å². The van der Waals surface area contributed by atoms with Crippen molar-refractivity contribution >= 4 is 55.7 Å². The molecule has 1 aliphatic carbocycles. The number of hydrogen-bond donors (Lipinski definition) is 0. The molecule has 0 aliphatic heterocycles. The van der Waals surface area contributed by atoms with Gasteiger partial charge >= 0.3 is 0 Å². The first-order chi connectivity index (χ1) is 32.3. The van der Waals surface area contributed by atoms with E-state index in [1.807, 2.05) is 0 Å². The van der Waals surface area contributed by atoms with Crippen LogP contribution in [0.5, 0.6) is 0 Å². The molecular formula is C66H82N2. The van der Waals surface area contributed by atoms with Crippen molar-refractivity contribution in [2.45, 2.75) is 182 Å². The Labute approximate surface area is 412 Å². The molecule has 2 heteroatoms. The van der Waals surface area contributed by atoms with E-state index in [0.29, 0.717) is 11.8 Å². The number of rotatable bonds is 13. The summed E-state index contributed by atoms with van der Waals surface area (Å²) < 4.78 is 0. The molecule has 0 heterocycles. The number of anilines is 6. The maximum Gasteiger partial charge on any atom is 0.0620 e. The minimum atomic E-state index is 0.0278.